The Bertz CT molecular complexity index is 769. The highest BCUT2D eigenvalue weighted by molar-refractivity contribution is 5.79. The quantitative estimate of drug-likeness (QED) is 0.877. The monoisotopic (exact) mass is 309 g/mol. The summed E-state index contributed by atoms with van der Waals surface area (Å²) in [5, 5.41) is 0. The van der Waals surface area contributed by atoms with Crippen LogP contribution in [0.2, 0.25) is 0 Å². The van der Waals surface area contributed by atoms with Gasteiger partial charge in [0.1, 0.15) is 11.9 Å². The van der Waals surface area contributed by atoms with Crippen molar-refractivity contribution in [3.05, 3.63) is 59.5 Å². The van der Waals surface area contributed by atoms with Crippen LogP contribution in [0.3, 0.4) is 0 Å². The van der Waals surface area contributed by atoms with Crippen LogP contribution < -0.4 is 5.73 Å². The standard InChI is InChI=1S/C17H21FN2O2/c1-12(17(19)21)20(2)15-6-8-16(9-7-15)22-11-13-4-3-5-14(18)10-13/h3-8,10,12,16H,9,11H2,1-2H3,(H2,19,21)/t12?,16-/m1/s1/i2D2,7D,11D2. The first-order valence-corrected chi connectivity index (χ1v) is 6.77. The number of hydrogen-bond donors (Lipinski definition) is 1. The number of primary amides is 1. The predicted molar refractivity (Wildman–Crippen MR) is 83.2 cm³/mol. The first kappa shape index (κ1) is 10.6. The number of nitrogens with two attached hydrogens (primary N) is 1. The van der Waals surface area contributed by atoms with Crippen molar-refractivity contribution in [3.63, 3.8) is 0 Å². The zero-order chi connectivity index (χ0) is 20.4. The van der Waals surface area contributed by atoms with Crippen LogP contribution in [0.4, 0.5) is 4.39 Å². The van der Waals surface area contributed by atoms with Gasteiger partial charge in [0.2, 0.25) is 5.91 Å². The first-order chi connectivity index (χ1) is 12.5. The number of rotatable bonds is 6. The second-order valence-corrected chi connectivity index (χ2v) is 4.88. The number of carbonyl (C=O) groups excluding carboxylic acids is 1. The lowest BCUT2D eigenvalue weighted by atomic mass is 10.1. The minimum atomic E-state index is -2.28. The van der Waals surface area contributed by atoms with Gasteiger partial charge in [0.15, 0.2) is 0 Å². The van der Waals surface area contributed by atoms with Gasteiger partial charge in [-0.3, -0.25) is 4.79 Å². The average Bonchev–Trinajstić information content (AvgIpc) is 2.56. The summed E-state index contributed by atoms with van der Waals surface area (Å²) >= 11 is 0. The van der Waals surface area contributed by atoms with Gasteiger partial charge in [0.05, 0.1) is 16.8 Å². The summed E-state index contributed by atoms with van der Waals surface area (Å²) in [6.45, 7) is -2.39. The second kappa shape index (κ2) is 7.22. The van der Waals surface area contributed by atoms with Gasteiger partial charge in [-0.15, -0.1) is 0 Å². The van der Waals surface area contributed by atoms with E-state index in [0.717, 1.165) is 11.0 Å². The van der Waals surface area contributed by atoms with E-state index >= 15 is 0 Å². The van der Waals surface area contributed by atoms with E-state index < -0.39 is 37.4 Å². The van der Waals surface area contributed by atoms with Gasteiger partial charge in [-0.25, -0.2) is 4.39 Å². The molecule has 2 atom stereocenters. The number of allylic oxidation sites excluding steroid dienone is 1. The Morgan fingerprint density at radius 3 is 3.18 bits per heavy atom. The van der Waals surface area contributed by atoms with Crippen LogP contribution in [-0.4, -0.2) is 30.0 Å². The van der Waals surface area contributed by atoms with Crippen LogP contribution in [0.15, 0.2) is 48.2 Å². The zero-order valence-electron chi connectivity index (χ0n) is 17.1. The number of likely N-dealkylation sites (N-methyl/N-ethyl adjacent to an activating group) is 1. The molecule has 0 fully saturated rings. The third-order valence-corrected chi connectivity index (χ3v) is 3.21. The average molecular weight is 309 g/mol. The molecule has 1 unspecified atom stereocenters. The number of nitrogens with zero attached hydrogens (tertiary/aromatic N) is 1. The number of carbonyl (C=O) groups is 1. The van der Waals surface area contributed by atoms with Crippen LogP contribution >= 0.6 is 0 Å². The van der Waals surface area contributed by atoms with Gasteiger partial charge in [0.25, 0.3) is 0 Å². The SMILES string of the molecule is [2H]C1=C(N(C([2H])[2H])C(C)C(N)=O)C=C[C@@H](OC([2H])([2H])c2cccc(F)c2)C1. The van der Waals surface area contributed by atoms with Crippen molar-refractivity contribution in [2.45, 2.75) is 32.0 Å². The molecule has 0 aromatic heterocycles. The Hall–Kier alpha value is -2.14. The summed E-state index contributed by atoms with van der Waals surface area (Å²) in [4.78, 5) is 12.5. The number of halogens is 1. The van der Waals surface area contributed by atoms with Crippen LogP contribution in [0.5, 0.6) is 0 Å². The highest BCUT2D eigenvalue weighted by atomic mass is 19.1. The number of hydrogen-bond acceptors (Lipinski definition) is 3. The predicted octanol–water partition coefficient (Wildman–Crippen LogP) is 2.36. The largest absolute Gasteiger partial charge is 0.369 e. The Morgan fingerprint density at radius 1 is 1.73 bits per heavy atom. The third kappa shape index (κ3) is 4.18. The minimum absolute atomic E-state index is 0.0126. The maximum absolute atomic E-state index is 13.3. The van der Waals surface area contributed by atoms with E-state index in [9.17, 15) is 9.18 Å². The van der Waals surface area contributed by atoms with Gasteiger partial charge in [-0.2, -0.15) is 0 Å². The topological polar surface area (TPSA) is 55.6 Å². The Morgan fingerprint density at radius 2 is 2.55 bits per heavy atom. The summed E-state index contributed by atoms with van der Waals surface area (Å²) in [5.41, 5.74) is 5.45. The second-order valence-electron chi connectivity index (χ2n) is 4.88. The van der Waals surface area contributed by atoms with Gasteiger partial charge >= 0.3 is 0 Å². The fourth-order valence-electron chi connectivity index (χ4n) is 1.83. The molecule has 5 heteroatoms. The summed E-state index contributed by atoms with van der Waals surface area (Å²) in [7, 11) is 0. The van der Waals surface area contributed by atoms with Gasteiger partial charge in [-0.1, -0.05) is 24.3 Å². The van der Waals surface area contributed by atoms with Crippen LogP contribution in [0.1, 0.15) is 25.8 Å². The number of amides is 1. The van der Waals surface area contributed by atoms with Crippen molar-refractivity contribution < 1.29 is 20.8 Å². The molecule has 4 nitrogen and oxygen atoms in total. The van der Waals surface area contributed by atoms with Crippen molar-refractivity contribution >= 4 is 5.91 Å². The van der Waals surface area contributed by atoms with E-state index in [-0.39, 0.29) is 23.7 Å². The van der Waals surface area contributed by atoms with E-state index in [1.54, 1.807) is 0 Å². The highest BCUT2D eigenvalue weighted by Gasteiger charge is 2.18. The molecule has 1 amide bonds. The summed E-state index contributed by atoms with van der Waals surface area (Å²) < 4.78 is 58.2. The molecule has 0 radical (unpaired) electrons. The highest BCUT2D eigenvalue weighted by Crippen LogP contribution is 2.19. The van der Waals surface area contributed by atoms with Gasteiger partial charge in [-0.05, 0) is 37.1 Å². The van der Waals surface area contributed by atoms with Crippen LogP contribution in [-0.2, 0) is 16.1 Å². The number of ether oxygens (including phenoxy) is 1. The summed E-state index contributed by atoms with van der Waals surface area (Å²) in [6, 6.07) is 4.04. The van der Waals surface area contributed by atoms with Crippen molar-refractivity contribution in [2.24, 2.45) is 5.73 Å². The van der Waals surface area contributed by atoms with Crippen molar-refractivity contribution in [1.29, 1.82) is 0 Å². The maximum atomic E-state index is 13.3. The summed E-state index contributed by atoms with van der Waals surface area (Å²) in [6.07, 6.45) is 2.05. The van der Waals surface area contributed by atoms with Crippen molar-refractivity contribution in [1.82, 2.24) is 4.90 Å². The molecule has 118 valence electrons. The lowest BCUT2D eigenvalue weighted by molar-refractivity contribution is -0.121. The van der Waals surface area contributed by atoms with Gasteiger partial charge < -0.3 is 15.4 Å². The molecule has 0 saturated heterocycles. The molecule has 2 rings (SSSR count). The van der Waals surface area contributed by atoms with E-state index in [4.69, 9.17) is 17.3 Å². The van der Waals surface area contributed by atoms with E-state index in [1.165, 1.54) is 37.3 Å². The fraction of sp³-hybridized carbons (Fsp3) is 0.353. The van der Waals surface area contributed by atoms with Gasteiger partial charge in [0, 0.05) is 15.4 Å². The third-order valence-electron chi connectivity index (χ3n) is 3.21. The maximum Gasteiger partial charge on any atom is 0.239 e. The molecule has 0 bridgehead atoms. The molecular formula is C17H21FN2O2. The first-order valence-electron chi connectivity index (χ1n) is 9.42. The minimum Gasteiger partial charge on any atom is -0.369 e. The lowest BCUT2D eigenvalue weighted by Gasteiger charge is -2.28. The zero-order valence-corrected chi connectivity index (χ0v) is 12.1. The van der Waals surface area contributed by atoms with Crippen molar-refractivity contribution in [3.8, 4) is 0 Å². The Kier molecular flexibility index (Phi) is 3.47. The molecule has 0 saturated carbocycles. The molecule has 1 aliphatic carbocycles. The molecule has 0 heterocycles. The van der Waals surface area contributed by atoms with Crippen LogP contribution in [0, 0.1) is 5.82 Å². The fourth-order valence-corrected chi connectivity index (χ4v) is 1.83. The van der Waals surface area contributed by atoms with Crippen LogP contribution in [0.25, 0.3) is 0 Å². The molecular weight excluding hydrogens is 283 g/mol. The van der Waals surface area contributed by atoms with E-state index in [0.29, 0.717) is 0 Å². The van der Waals surface area contributed by atoms with Crippen molar-refractivity contribution in [2.75, 3.05) is 7.00 Å². The Labute approximate surface area is 137 Å². The molecule has 1 aromatic rings. The lowest BCUT2D eigenvalue weighted by Crippen LogP contribution is -2.39. The molecule has 22 heavy (non-hydrogen) atoms. The smallest absolute Gasteiger partial charge is 0.239 e. The Balaban J connectivity index is 2.18. The summed E-state index contributed by atoms with van der Waals surface area (Å²) in [5.74, 6) is -1.32. The molecule has 0 spiro atoms. The van der Waals surface area contributed by atoms with E-state index in [1.807, 2.05) is 0 Å². The molecule has 0 aliphatic heterocycles. The number of benzene rings is 1. The van der Waals surface area contributed by atoms with E-state index in [2.05, 4.69) is 0 Å². The molecule has 1 aromatic carbocycles. The molecule has 2 N–H and O–H groups in total. The molecule has 1 aliphatic rings. The normalized spacial score (nSPS) is 23.2.